The first-order chi connectivity index (χ1) is 9.74. The molecule has 0 heterocycles. The van der Waals surface area contributed by atoms with Crippen molar-refractivity contribution < 1.29 is 9.84 Å². The molecule has 1 aliphatic carbocycles. The van der Waals surface area contributed by atoms with E-state index < -0.39 is 6.10 Å². The van der Waals surface area contributed by atoms with Gasteiger partial charge in [0.15, 0.2) is 0 Å². The minimum Gasteiger partial charge on any atom is -0.491 e. The Hall–Kier alpha value is -1.06. The lowest BCUT2D eigenvalue weighted by molar-refractivity contribution is 0.102. The standard InChI is InChI=1S/C17H27NO2/c1-2-17(10-6-7-11-17)14-18-12-15(19)13-20-16-8-4-3-5-9-16/h3-5,8-9,15,18-19H,2,6-7,10-14H2,1H3. The van der Waals surface area contributed by atoms with Crippen LogP contribution >= 0.6 is 0 Å². The summed E-state index contributed by atoms with van der Waals surface area (Å²) in [6.07, 6.45) is 6.15. The lowest BCUT2D eigenvalue weighted by Crippen LogP contribution is -2.38. The summed E-state index contributed by atoms with van der Waals surface area (Å²) in [5.74, 6) is 0.812. The summed E-state index contributed by atoms with van der Waals surface area (Å²) in [6, 6.07) is 9.64. The number of ether oxygens (including phenoxy) is 1. The van der Waals surface area contributed by atoms with Crippen molar-refractivity contribution in [2.45, 2.75) is 45.1 Å². The topological polar surface area (TPSA) is 41.5 Å². The van der Waals surface area contributed by atoms with Crippen molar-refractivity contribution in [2.24, 2.45) is 5.41 Å². The summed E-state index contributed by atoms with van der Waals surface area (Å²) >= 11 is 0. The van der Waals surface area contributed by atoms with Gasteiger partial charge in [-0.1, -0.05) is 38.0 Å². The van der Waals surface area contributed by atoms with Crippen LogP contribution in [0.3, 0.4) is 0 Å². The normalized spacial score (nSPS) is 18.9. The van der Waals surface area contributed by atoms with Crippen molar-refractivity contribution in [1.82, 2.24) is 5.32 Å². The Morgan fingerprint density at radius 3 is 2.60 bits per heavy atom. The first-order valence-electron chi connectivity index (χ1n) is 7.81. The minimum atomic E-state index is -0.453. The molecule has 1 aliphatic rings. The van der Waals surface area contributed by atoms with Crippen LogP contribution in [0.4, 0.5) is 0 Å². The molecule has 0 aliphatic heterocycles. The van der Waals surface area contributed by atoms with E-state index in [4.69, 9.17) is 4.74 Å². The summed E-state index contributed by atoms with van der Waals surface area (Å²) in [5.41, 5.74) is 0.472. The Morgan fingerprint density at radius 2 is 1.95 bits per heavy atom. The third kappa shape index (κ3) is 4.50. The molecule has 0 bridgehead atoms. The molecular weight excluding hydrogens is 250 g/mol. The second-order valence-electron chi connectivity index (χ2n) is 5.97. The average Bonchev–Trinajstić information content (AvgIpc) is 2.96. The predicted octanol–water partition coefficient (Wildman–Crippen LogP) is 2.99. The second-order valence-corrected chi connectivity index (χ2v) is 5.97. The maximum atomic E-state index is 9.95. The Kier molecular flexibility index (Phi) is 5.86. The van der Waals surface area contributed by atoms with Crippen LogP contribution in [0.1, 0.15) is 39.0 Å². The van der Waals surface area contributed by atoms with Gasteiger partial charge in [-0.2, -0.15) is 0 Å². The second kappa shape index (κ2) is 7.65. The van der Waals surface area contributed by atoms with E-state index >= 15 is 0 Å². The fourth-order valence-corrected chi connectivity index (χ4v) is 3.05. The first kappa shape index (κ1) is 15.3. The van der Waals surface area contributed by atoms with E-state index in [1.54, 1.807) is 0 Å². The molecule has 20 heavy (non-hydrogen) atoms. The molecule has 3 nitrogen and oxygen atoms in total. The van der Waals surface area contributed by atoms with Crippen molar-refractivity contribution in [2.75, 3.05) is 19.7 Å². The quantitative estimate of drug-likeness (QED) is 0.767. The summed E-state index contributed by atoms with van der Waals surface area (Å²) < 4.78 is 5.55. The van der Waals surface area contributed by atoms with E-state index in [0.29, 0.717) is 18.6 Å². The first-order valence-corrected chi connectivity index (χ1v) is 7.81. The molecule has 3 heteroatoms. The highest BCUT2D eigenvalue weighted by Gasteiger charge is 2.31. The van der Waals surface area contributed by atoms with Crippen LogP contribution in [0.15, 0.2) is 30.3 Å². The Balaban J connectivity index is 1.64. The number of rotatable bonds is 8. The molecule has 1 fully saturated rings. The zero-order valence-corrected chi connectivity index (χ0v) is 12.5. The predicted molar refractivity (Wildman–Crippen MR) is 82.0 cm³/mol. The largest absolute Gasteiger partial charge is 0.491 e. The molecule has 2 N–H and O–H groups in total. The van der Waals surface area contributed by atoms with E-state index in [1.165, 1.54) is 32.1 Å². The van der Waals surface area contributed by atoms with E-state index in [2.05, 4.69) is 12.2 Å². The molecule has 1 aromatic carbocycles. The van der Waals surface area contributed by atoms with Gasteiger partial charge in [0.05, 0.1) is 0 Å². The lowest BCUT2D eigenvalue weighted by Gasteiger charge is -2.28. The van der Waals surface area contributed by atoms with Crippen molar-refractivity contribution in [3.8, 4) is 5.75 Å². The fraction of sp³-hybridized carbons (Fsp3) is 0.647. The number of hydrogen-bond acceptors (Lipinski definition) is 3. The third-order valence-corrected chi connectivity index (χ3v) is 4.48. The number of hydrogen-bond donors (Lipinski definition) is 2. The zero-order chi connectivity index (χ0) is 14.3. The van der Waals surface area contributed by atoms with Crippen LogP contribution in [0, 0.1) is 5.41 Å². The van der Waals surface area contributed by atoms with Crippen molar-refractivity contribution in [1.29, 1.82) is 0 Å². The molecule has 2 rings (SSSR count). The van der Waals surface area contributed by atoms with Gasteiger partial charge in [0.1, 0.15) is 18.5 Å². The van der Waals surface area contributed by atoms with Gasteiger partial charge in [-0.25, -0.2) is 0 Å². The maximum absolute atomic E-state index is 9.95. The summed E-state index contributed by atoms with van der Waals surface area (Å²) in [7, 11) is 0. The van der Waals surface area contributed by atoms with Crippen molar-refractivity contribution in [3.63, 3.8) is 0 Å². The summed E-state index contributed by atoms with van der Waals surface area (Å²) in [6.45, 7) is 4.25. The molecule has 112 valence electrons. The van der Waals surface area contributed by atoms with E-state index in [-0.39, 0.29) is 0 Å². The highest BCUT2D eigenvalue weighted by atomic mass is 16.5. The van der Waals surface area contributed by atoms with Gasteiger partial charge >= 0.3 is 0 Å². The number of nitrogens with one attached hydrogen (secondary N) is 1. The van der Waals surface area contributed by atoms with Crippen LogP contribution < -0.4 is 10.1 Å². The number of aliphatic hydroxyl groups is 1. The van der Waals surface area contributed by atoms with Gasteiger partial charge in [0, 0.05) is 13.1 Å². The van der Waals surface area contributed by atoms with Gasteiger partial charge in [-0.3, -0.25) is 0 Å². The molecule has 0 radical (unpaired) electrons. The highest BCUT2D eigenvalue weighted by Crippen LogP contribution is 2.40. The van der Waals surface area contributed by atoms with Crippen LogP contribution in [-0.2, 0) is 0 Å². The van der Waals surface area contributed by atoms with Crippen LogP contribution in [-0.4, -0.2) is 30.9 Å². The van der Waals surface area contributed by atoms with Crippen LogP contribution in [0.5, 0.6) is 5.75 Å². The summed E-state index contributed by atoms with van der Waals surface area (Å²) in [5, 5.41) is 13.4. The molecule has 1 saturated carbocycles. The lowest BCUT2D eigenvalue weighted by atomic mass is 9.83. The van der Waals surface area contributed by atoms with Crippen molar-refractivity contribution >= 4 is 0 Å². The van der Waals surface area contributed by atoms with E-state index in [1.807, 2.05) is 30.3 Å². The molecule has 1 unspecified atom stereocenters. The Morgan fingerprint density at radius 1 is 1.25 bits per heavy atom. The number of benzene rings is 1. The zero-order valence-electron chi connectivity index (χ0n) is 12.5. The van der Waals surface area contributed by atoms with E-state index in [9.17, 15) is 5.11 Å². The number of para-hydroxylation sites is 1. The summed E-state index contributed by atoms with van der Waals surface area (Å²) in [4.78, 5) is 0. The SMILES string of the molecule is CCC1(CNCC(O)COc2ccccc2)CCCC1. The molecule has 0 aromatic heterocycles. The molecule has 0 amide bonds. The molecule has 0 saturated heterocycles. The van der Waals surface area contributed by atoms with Gasteiger partial charge < -0.3 is 15.2 Å². The van der Waals surface area contributed by atoms with Crippen LogP contribution in [0.2, 0.25) is 0 Å². The van der Waals surface area contributed by atoms with Crippen LogP contribution in [0.25, 0.3) is 0 Å². The van der Waals surface area contributed by atoms with Gasteiger partial charge in [0.2, 0.25) is 0 Å². The fourth-order valence-electron chi connectivity index (χ4n) is 3.05. The molecule has 0 spiro atoms. The highest BCUT2D eigenvalue weighted by molar-refractivity contribution is 5.20. The smallest absolute Gasteiger partial charge is 0.119 e. The van der Waals surface area contributed by atoms with E-state index in [0.717, 1.165) is 12.3 Å². The molecular formula is C17H27NO2. The maximum Gasteiger partial charge on any atom is 0.119 e. The average molecular weight is 277 g/mol. The Bertz CT molecular complexity index is 374. The number of aliphatic hydroxyl groups excluding tert-OH is 1. The molecule has 1 atom stereocenters. The van der Waals surface area contributed by atoms with Gasteiger partial charge in [0.25, 0.3) is 0 Å². The molecule has 1 aromatic rings. The van der Waals surface area contributed by atoms with Crippen molar-refractivity contribution in [3.05, 3.63) is 30.3 Å². The minimum absolute atomic E-state index is 0.343. The Labute approximate surface area is 122 Å². The van der Waals surface area contributed by atoms with Gasteiger partial charge in [-0.15, -0.1) is 0 Å². The van der Waals surface area contributed by atoms with Gasteiger partial charge in [-0.05, 0) is 36.8 Å². The monoisotopic (exact) mass is 277 g/mol. The third-order valence-electron chi connectivity index (χ3n) is 4.48.